The van der Waals surface area contributed by atoms with Crippen molar-refractivity contribution >= 4 is 22.1 Å². The van der Waals surface area contributed by atoms with Crippen LogP contribution in [0.5, 0.6) is 0 Å². The average molecular weight is 602 g/mol. The van der Waals surface area contributed by atoms with Gasteiger partial charge in [-0.3, -0.25) is 0 Å². The quantitative estimate of drug-likeness (QED) is 0.176. The predicted octanol–water partition coefficient (Wildman–Crippen LogP) is 12.6. The Hall–Kier alpha value is -5.92. The maximum absolute atomic E-state index is 2.38. The van der Waals surface area contributed by atoms with Gasteiger partial charge in [0.05, 0.1) is 0 Å². The number of hydrogen-bond donors (Lipinski definition) is 0. The van der Waals surface area contributed by atoms with Gasteiger partial charge in [-0.2, -0.15) is 0 Å². The van der Waals surface area contributed by atoms with Crippen molar-refractivity contribution < 1.29 is 0 Å². The van der Waals surface area contributed by atoms with Crippen LogP contribution >= 0.6 is 0 Å². The molecule has 0 N–H and O–H groups in total. The minimum Gasteiger partial charge on any atom is -0.311 e. The molecular weight excluding hydrogens is 567 g/mol. The van der Waals surface area contributed by atoms with Crippen LogP contribution in [-0.4, -0.2) is 0 Å². The van der Waals surface area contributed by atoms with Gasteiger partial charge < -0.3 is 4.90 Å². The number of fused-ring (bicyclic) bond motifs is 1. The van der Waals surface area contributed by atoms with E-state index in [1.165, 1.54) is 55.4 Å². The minimum atomic E-state index is 0.388. The second-order valence-corrected chi connectivity index (χ2v) is 12.1. The molecular formula is C46H35N. The van der Waals surface area contributed by atoms with Crippen molar-refractivity contribution in [3.05, 3.63) is 205 Å². The van der Waals surface area contributed by atoms with E-state index in [1.54, 1.807) is 0 Å². The molecule has 1 unspecified atom stereocenters. The molecule has 1 aliphatic rings. The molecule has 0 heterocycles. The van der Waals surface area contributed by atoms with Crippen molar-refractivity contribution in [1.82, 2.24) is 0 Å². The van der Waals surface area contributed by atoms with Crippen LogP contribution in [0.25, 0.3) is 44.2 Å². The van der Waals surface area contributed by atoms with Crippen LogP contribution in [0.15, 0.2) is 200 Å². The van der Waals surface area contributed by atoms with Gasteiger partial charge in [-0.05, 0) is 92.5 Å². The van der Waals surface area contributed by atoms with Crippen molar-refractivity contribution in [2.45, 2.75) is 12.3 Å². The number of benzene rings is 7. The van der Waals surface area contributed by atoms with E-state index < -0.39 is 0 Å². The minimum absolute atomic E-state index is 0.388. The lowest BCUT2D eigenvalue weighted by atomic mass is 9.91. The summed E-state index contributed by atoms with van der Waals surface area (Å²) in [6, 6.07) is 63.4. The summed E-state index contributed by atoms with van der Waals surface area (Å²) < 4.78 is 0. The molecule has 0 amide bonds. The van der Waals surface area contributed by atoms with Crippen molar-refractivity contribution in [1.29, 1.82) is 0 Å². The highest BCUT2D eigenvalue weighted by molar-refractivity contribution is 5.97. The van der Waals surface area contributed by atoms with Crippen LogP contribution in [0.2, 0.25) is 0 Å². The highest BCUT2D eigenvalue weighted by Crippen LogP contribution is 2.38. The molecule has 0 bridgehead atoms. The van der Waals surface area contributed by atoms with E-state index in [0.717, 1.165) is 17.8 Å². The summed E-state index contributed by atoms with van der Waals surface area (Å²) >= 11 is 0. The summed E-state index contributed by atoms with van der Waals surface area (Å²) in [5.74, 6) is 0.388. The average Bonchev–Trinajstić information content (AvgIpc) is 3.16. The standard InChI is InChI=1S/C46H35N/c1-3-11-34(12-4-1)36-21-27-42(28-22-36)47(43-29-23-37(24-30-43)35-13-5-2-6-14-35)44-31-25-38(26-32-44)40-17-9-18-41(33-40)46-20-10-16-39-15-7-8-19-45(39)46/h1-23,25-33,37H,24H2. The second kappa shape index (κ2) is 12.8. The van der Waals surface area contributed by atoms with E-state index in [9.17, 15) is 0 Å². The van der Waals surface area contributed by atoms with Crippen LogP contribution in [-0.2, 0) is 0 Å². The molecule has 1 aliphatic carbocycles. The van der Waals surface area contributed by atoms with E-state index in [4.69, 9.17) is 0 Å². The maximum atomic E-state index is 2.38. The third kappa shape index (κ3) is 5.92. The molecule has 8 rings (SSSR count). The summed E-state index contributed by atoms with van der Waals surface area (Å²) in [6.45, 7) is 0. The van der Waals surface area contributed by atoms with Gasteiger partial charge in [0, 0.05) is 23.0 Å². The Balaban J connectivity index is 1.13. The molecule has 47 heavy (non-hydrogen) atoms. The third-order valence-corrected chi connectivity index (χ3v) is 9.22. The molecule has 1 atom stereocenters. The lowest BCUT2D eigenvalue weighted by Gasteiger charge is -2.29. The molecule has 0 spiro atoms. The third-order valence-electron chi connectivity index (χ3n) is 9.22. The first kappa shape index (κ1) is 28.5. The maximum Gasteiger partial charge on any atom is 0.0461 e. The molecule has 7 aromatic rings. The molecule has 0 saturated heterocycles. The lowest BCUT2D eigenvalue weighted by Crippen LogP contribution is -2.17. The molecule has 0 aliphatic heterocycles. The Morgan fingerprint density at radius 3 is 1.70 bits per heavy atom. The highest BCUT2D eigenvalue weighted by atomic mass is 15.1. The summed E-state index contributed by atoms with van der Waals surface area (Å²) in [4.78, 5) is 2.38. The van der Waals surface area contributed by atoms with Crippen LogP contribution in [0.1, 0.15) is 17.9 Å². The predicted molar refractivity (Wildman–Crippen MR) is 200 cm³/mol. The smallest absolute Gasteiger partial charge is 0.0461 e. The van der Waals surface area contributed by atoms with Gasteiger partial charge >= 0.3 is 0 Å². The van der Waals surface area contributed by atoms with Gasteiger partial charge in [-0.15, -0.1) is 0 Å². The Bertz CT molecular complexity index is 2190. The fraction of sp³-hybridized carbons (Fsp3) is 0.0435. The number of allylic oxidation sites excluding steroid dienone is 3. The second-order valence-electron chi connectivity index (χ2n) is 12.1. The Labute approximate surface area is 277 Å². The Morgan fingerprint density at radius 1 is 0.447 bits per heavy atom. The first-order chi connectivity index (χ1) is 23.3. The number of rotatable bonds is 7. The molecule has 0 saturated carbocycles. The molecule has 0 radical (unpaired) electrons. The zero-order chi connectivity index (χ0) is 31.4. The number of nitrogens with zero attached hydrogens (tertiary/aromatic N) is 1. The fourth-order valence-electron chi connectivity index (χ4n) is 6.75. The summed E-state index contributed by atoms with van der Waals surface area (Å²) in [5, 5.41) is 2.54. The number of anilines is 2. The van der Waals surface area contributed by atoms with E-state index in [2.05, 4.69) is 199 Å². The number of hydrogen-bond acceptors (Lipinski definition) is 1. The zero-order valence-electron chi connectivity index (χ0n) is 26.2. The van der Waals surface area contributed by atoms with Crippen molar-refractivity contribution in [2.75, 3.05) is 4.90 Å². The summed E-state index contributed by atoms with van der Waals surface area (Å²) in [5.41, 5.74) is 12.2. The molecule has 0 aromatic heterocycles. The lowest BCUT2D eigenvalue weighted by molar-refractivity contribution is 0.840. The normalized spacial score (nSPS) is 14.1. The van der Waals surface area contributed by atoms with Crippen LogP contribution in [0, 0.1) is 0 Å². The summed E-state index contributed by atoms with van der Waals surface area (Å²) in [6.07, 6.45) is 7.98. The van der Waals surface area contributed by atoms with Gasteiger partial charge in [0.2, 0.25) is 0 Å². The van der Waals surface area contributed by atoms with Gasteiger partial charge in [0.1, 0.15) is 0 Å². The van der Waals surface area contributed by atoms with E-state index in [0.29, 0.717) is 5.92 Å². The monoisotopic (exact) mass is 601 g/mol. The zero-order valence-corrected chi connectivity index (χ0v) is 26.2. The van der Waals surface area contributed by atoms with Crippen molar-refractivity contribution in [3.8, 4) is 33.4 Å². The molecule has 1 heteroatoms. The van der Waals surface area contributed by atoms with Crippen LogP contribution < -0.4 is 4.90 Å². The topological polar surface area (TPSA) is 3.24 Å². The Kier molecular flexibility index (Phi) is 7.79. The summed E-state index contributed by atoms with van der Waals surface area (Å²) in [7, 11) is 0. The SMILES string of the molecule is C1=CC(c2ccccc2)CC=C1N(c1ccc(-c2ccccc2)cc1)c1ccc(-c2cccc(-c3cccc4ccccc34)c2)cc1. The molecule has 0 fully saturated rings. The van der Waals surface area contributed by atoms with E-state index >= 15 is 0 Å². The first-order valence-electron chi connectivity index (χ1n) is 16.4. The first-order valence-corrected chi connectivity index (χ1v) is 16.4. The molecule has 224 valence electrons. The molecule has 7 aromatic carbocycles. The van der Waals surface area contributed by atoms with Gasteiger partial charge in [-0.1, -0.05) is 158 Å². The van der Waals surface area contributed by atoms with Gasteiger partial charge in [0.15, 0.2) is 0 Å². The molecule has 1 nitrogen and oxygen atoms in total. The van der Waals surface area contributed by atoms with E-state index in [-0.39, 0.29) is 0 Å². The highest BCUT2D eigenvalue weighted by Gasteiger charge is 2.18. The largest absolute Gasteiger partial charge is 0.311 e. The van der Waals surface area contributed by atoms with Crippen LogP contribution in [0.4, 0.5) is 11.4 Å². The van der Waals surface area contributed by atoms with E-state index in [1.807, 2.05) is 0 Å². The van der Waals surface area contributed by atoms with Gasteiger partial charge in [0.25, 0.3) is 0 Å². The fourth-order valence-corrected chi connectivity index (χ4v) is 6.75. The van der Waals surface area contributed by atoms with Crippen molar-refractivity contribution in [3.63, 3.8) is 0 Å². The Morgan fingerprint density at radius 2 is 1.00 bits per heavy atom. The van der Waals surface area contributed by atoms with Crippen molar-refractivity contribution in [2.24, 2.45) is 0 Å². The van der Waals surface area contributed by atoms with Crippen LogP contribution in [0.3, 0.4) is 0 Å². The van der Waals surface area contributed by atoms with Gasteiger partial charge in [-0.25, -0.2) is 0 Å².